The van der Waals surface area contributed by atoms with Gasteiger partial charge in [0.1, 0.15) is 0 Å². The summed E-state index contributed by atoms with van der Waals surface area (Å²) in [6.07, 6.45) is 4.08. The Balaban J connectivity index is 1.86. The lowest BCUT2D eigenvalue weighted by atomic mass is 9.62. The topological polar surface area (TPSA) is 76.7 Å². The summed E-state index contributed by atoms with van der Waals surface area (Å²) in [4.78, 5) is 18.9. The summed E-state index contributed by atoms with van der Waals surface area (Å²) in [5.74, 6) is -0.964. The summed E-state index contributed by atoms with van der Waals surface area (Å²) in [6.45, 7) is 13.8. The SMILES string of the molecule is C=CCN1c2ccc(C#N)cc2N=C(c2ccc(C(=O)O)cc2)c2cc3c(cc21)C(C)(C)CCC3(C)C. The first kappa shape index (κ1) is 24.5. The summed E-state index contributed by atoms with van der Waals surface area (Å²) >= 11 is 0. The van der Waals surface area contributed by atoms with Crippen molar-refractivity contribution in [2.45, 2.75) is 51.4 Å². The van der Waals surface area contributed by atoms with Crippen LogP contribution in [0.15, 0.2) is 72.2 Å². The average molecular weight is 490 g/mol. The number of carbonyl (C=O) groups is 1. The number of aromatic carboxylic acids is 1. The molecule has 0 saturated heterocycles. The highest BCUT2D eigenvalue weighted by atomic mass is 16.4. The van der Waals surface area contributed by atoms with Crippen LogP contribution in [-0.4, -0.2) is 23.3 Å². The molecule has 3 aromatic carbocycles. The van der Waals surface area contributed by atoms with Crippen LogP contribution in [0.3, 0.4) is 0 Å². The molecule has 5 nitrogen and oxygen atoms in total. The number of anilines is 2. The Kier molecular flexibility index (Phi) is 5.79. The van der Waals surface area contributed by atoms with E-state index in [2.05, 4.69) is 57.4 Å². The standard InChI is InChI=1S/C32H31N3O2/c1-6-15-35-27-12-7-20(19-33)16-26(27)34-29(21-8-10-22(11-9-21)30(36)37)23-17-24-25(18-28(23)35)32(4,5)14-13-31(24,2)3/h6-12,16-18H,1,13-15H2,2-5H3,(H,36,37). The van der Waals surface area contributed by atoms with Gasteiger partial charge in [-0.2, -0.15) is 5.26 Å². The fourth-order valence-corrected chi connectivity index (χ4v) is 5.55. The maximum absolute atomic E-state index is 11.5. The number of nitrogens with zero attached hydrogens (tertiary/aromatic N) is 3. The van der Waals surface area contributed by atoms with E-state index in [4.69, 9.17) is 4.99 Å². The first-order chi connectivity index (χ1) is 17.6. The van der Waals surface area contributed by atoms with E-state index >= 15 is 0 Å². The molecule has 5 heteroatoms. The molecule has 0 atom stereocenters. The van der Waals surface area contributed by atoms with Gasteiger partial charge in [-0.1, -0.05) is 45.9 Å². The van der Waals surface area contributed by atoms with Crippen molar-refractivity contribution < 1.29 is 9.90 Å². The van der Waals surface area contributed by atoms with Crippen LogP contribution >= 0.6 is 0 Å². The van der Waals surface area contributed by atoms with Crippen LogP contribution in [0.5, 0.6) is 0 Å². The molecule has 1 heterocycles. The van der Waals surface area contributed by atoms with Gasteiger partial charge in [-0.25, -0.2) is 9.79 Å². The predicted octanol–water partition coefficient (Wildman–Crippen LogP) is 7.41. The second-order valence-electron chi connectivity index (χ2n) is 11.2. The van der Waals surface area contributed by atoms with Crippen LogP contribution in [0.25, 0.3) is 0 Å². The third kappa shape index (κ3) is 4.13. The lowest BCUT2D eigenvalue weighted by Crippen LogP contribution is -2.35. The van der Waals surface area contributed by atoms with Gasteiger partial charge in [-0.15, -0.1) is 6.58 Å². The number of carboxylic acids is 1. The number of benzene rings is 3. The van der Waals surface area contributed by atoms with Gasteiger partial charge >= 0.3 is 5.97 Å². The largest absolute Gasteiger partial charge is 0.478 e. The second kappa shape index (κ2) is 8.74. The highest BCUT2D eigenvalue weighted by molar-refractivity contribution is 6.19. The van der Waals surface area contributed by atoms with E-state index in [1.807, 2.05) is 36.4 Å². The van der Waals surface area contributed by atoms with E-state index in [-0.39, 0.29) is 16.4 Å². The molecular formula is C32H31N3O2. The highest BCUT2D eigenvalue weighted by Crippen LogP contribution is 2.50. The van der Waals surface area contributed by atoms with E-state index in [9.17, 15) is 15.2 Å². The van der Waals surface area contributed by atoms with Crippen LogP contribution in [0.2, 0.25) is 0 Å². The molecule has 0 aromatic heterocycles. The third-order valence-electron chi connectivity index (χ3n) is 7.86. The fraction of sp³-hybridized carbons (Fsp3) is 0.281. The minimum absolute atomic E-state index is 0.00849. The van der Waals surface area contributed by atoms with Crippen molar-refractivity contribution in [2.75, 3.05) is 11.4 Å². The van der Waals surface area contributed by atoms with Crippen molar-refractivity contribution in [3.8, 4) is 6.07 Å². The van der Waals surface area contributed by atoms with Crippen molar-refractivity contribution in [2.24, 2.45) is 4.99 Å². The molecule has 0 radical (unpaired) electrons. The summed E-state index contributed by atoms with van der Waals surface area (Å²) in [6, 6.07) is 19.3. The number of hydrogen-bond acceptors (Lipinski definition) is 4. The zero-order valence-corrected chi connectivity index (χ0v) is 21.8. The smallest absolute Gasteiger partial charge is 0.335 e. The van der Waals surface area contributed by atoms with Gasteiger partial charge < -0.3 is 10.0 Å². The Morgan fingerprint density at radius 3 is 2.27 bits per heavy atom. The first-order valence-electron chi connectivity index (χ1n) is 12.6. The summed E-state index contributed by atoms with van der Waals surface area (Å²) < 4.78 is 0. The molecule has 1 aliphatic heterocycles. The van der Waals surface area contributed by atoms with Gasteiger partial charge in [-0.3, -0.25) is 0 Å². The Labute approximate surface area is 218 Å². The second-order valence-corrected chi connectivity index (χ2v) is 11.2. The van der Waals surface area contributed by atoms with E-state index < -0.39 is 5.97 Å². The molecule has 5 rings (SSSR count). The predicted molar refractivity (Wildman–Crippen MR) is 149 cm³/mol. The van der Waals surface area contributed by atoms with E-state index in [0.29, 0.717) is 17.8 Å². The highest BCUT2D eigenvalue weighted by Gasteiger charge is 2.39. The molecule has 0 saturated carbocycles. The van der Waals surface area contributed by atoms with Crippen molar-refractivity contribution in [3.63, 3.8) is 0 Å². The number of aliphatic imine (C=N–C) groups is 1. The number of rotatable bonds is 4. The lowest BCUT2D eigenvalue weighted by Gasteiger charge is -2.43. The molecule has 1 N–H and O–H groups in total. The maximum atomic E-state index is 11.5. The van der Waals surface area contributed by atoms with E-state index in [0.717, 1.165) is 41.1 Å². The van der Waals surface area contributed by atoms with Crippen molar-refractivity contribution in [3.05, 3.63) is 101 Å². The monoisotopic (exact) mass is 489 g/mol. The molecule has 1 aliphatic carbocycles. The number of carboxylic acid groups (broad SMARTS) is 1. The van der Waals surface area contributed by atoms with Crippen LogP contribution < -0.4 is 4.90 Å². The van der Waals surface area contributed by atoms with Gasteiger partial charge in [0.2, 0.25) is 0 Å². The number of hydrogen-bond donors (Lipinski definition) is 1. The lowest BCUT2D eigenvalue weighted by molar-refractivity contribution is 0.0697. The molecular weight excluding hydrogens is 458 g/mol. The Bertz CT molecular complexity index is 1500. The minimum Gasteiger partial charge on any atom is -0.478 e. The average Bonchev–Trinajstić information content (AvgIpc) is 3.00. The van der Waals surface area contributed by atoms with Gasteiger partial charge in [0.25, 0.3) is 0 Å². The Morgan fingerprint density at radius 1 is 1.03 bits per heavy atom. The third-order valence-corrected chi connectivity index (χ3v) is 7.86. The summed E-state index contributed by atoms with van der Waals surface area (Å²) in [5, 5.41) is 19.0. The van der Waals surface area contributed by atoms with Gasteiger partial charge in [0, 0.05) is 17.7 Å². The van der Waals surface area contributed by atoms with Crippen LogP contribution in [0, 0.1) is 11.3 Å². The van der Waals surface area contributed by atoms with Crippen LogP contribution in [-0.2, 0) is 10.8 Å². The zero-order valence-electron chi connectivity index (χ0n) is 21.8. The van der Waals surface area contributed by atoms with E-state index in [1.165, 1.54) is 11.1 Å². The molecule has 0 fully saturated rings. The number of fused-ring (bicyclic) bond motifs is 3. The minimum atomic E-state index is -0.964. The molecule has 3 aromatic rings. The Morgan fingerprint density at radius 2 is 1.68 bits per heavy atom. The quantitative estimate of drug-likeness (QED) is 0.387. The number of nitriles is 1. The molecule has 0 bridgehead atoms. The molecule has 0 amide bonds. The van der Waals surface area contributed by atoms with Gasteiger partial charge in [0.15, 0.2) is 0 Å². The van der Waals surface area contributed by atoms with Crippen molar-refractivity contribution in [1.82, 2.24) is 0 Å². The molecule has 2 aliphatic rings. The van der Waals surface area contributed by atoms with Crippen molar-refractivity contribution in [1.29, 1.82) is 5.26 Å². The fourth-order valence-electron chi connectivity index (χ4n) is 5.55. The van der Waals surface area contributed by atoms with E-state index in [1.54, 1.807) is 12.1 Å². The van der Waals surface area contributed by atoms with Crippen molar-refractivity contribution >= 4 is 28.7 Å². The zero-order chi connectivity index (χ0) is 26.5. The normalized spacial score (nSPS) is 16.8. The first-order valence-corrected chi connectivity index (χ1v) is 12.6. The van der Waals surface area contributed by atoms with Crippen LogP contribution in [0.4, 0.5) is 17.1 Å². The van der Waals surface area contributed by atoms with Gasteiger partial charge in [0.05, 0.1) is 40.0 Å². The molecule has 186 valence electrons. The molecule has 0 spiro atoms. The molecule has 0 unspecified atom stereocenters. The van der Waals surface area contributed by atoms with Gasteiger partial charge in [-0.05, 0) is 77.3 Å². The maximum Gasteiger partial charge on any atom is 0.335 e. The summed E-state index contributed by atoms with van der Waals surface area (Å²) in [5.41, 5.74) is 8.68. The Hall–Kier alpha value is -4.17. The molecule has 37 heavy (non-hydrogen) atoms. The van der Waals surface area contributed by atoms with Crippen LogP contribution in [0.1, 0.15) is 78.7 Å². The summed E-state index contributed by atoms with van der Waals surface area (Å²) in [7, 11) is 0.